The van der Waals surface area contributed by atoms with Crippen LogP contribution in [0.3, 0.4) is 0 Å². The number of nitriles is 1. The van der Waals surface area contributed by atoms with E-state index in [1.54, 1.807) is 0 Å². The molecule has 0 aromatic heterocycles. The Labute approximate surface area is 100 Å². The van der Waals surface area contributed by atoms with Crippen LogP contribution in [0.4, 0.5) is 0 Å². The maximum absolute atomic E-state index is 8.88. The molecule has 90 valence electrons. The standard InChI is InChI=1S/C15H25N/c1-11-5-4-9-15(3)13(11)6-7-14(15)12(2)8-10-16/h11-14H,4-9H2,1-3H3/t11-,12+,13-,14+,15-/m0/s1. The van der Waals surface area contributed by atoms with Gasteiger partial charge in [-0.15, -0.1) is 0 Å². The monoisotopic (exact) mass is 219 g/mol. The third-order valence-corrected chi connectivity index (χ3v) is 5.64. The second kappa shape index (κ2) is 4.40. The zero-order valence-electron chi connectivity index (χ0n) is 11.0. The predicted molar refractivity (Wildman–Crippen MR) is 66.7 cm³/mol. The zero-order valence-corrected chi connectivity index (χ0v) is 11.0. The molecule has 0 spiro atoms. The highest BCUT2D eigenvalue weighted by atomic mass is 14.6. The van der Waals surface area contributed by atoms with Crippen molar-refractivity contribution in [1.82, 2.24) is 0 Å². The van der Waals surface area contributed by atoms with Gasteiger partial charge in [-0.25, -0.2) is 0 Å². The molecule has 5 atom stereocenters. The van der Waals surface area contributed by atoms with E-state index in [1.807, 2.05) is 0 Å². The summed E-state index contributed by atoms with van der Waals surface area (Å²) in [6.45, 7) is 7.25. The molecule has 0 bridgehead atoms. The van der Waals surface area contributed by atoms with Crippen LogP contribution in [0.5, 0.6) is 0 Å². The molecule has 2 fully saturated rings. The quantitative estimate of drug-likeness (QED) is 0.675. The first-order chi connectivity index (χ1) is 7.59. The lowest BCUT2D eigenvalue weighted by Gasteiger charge is -2.45. The zero-order chi connectivity index (χ0) is 11.8. The molecule has 2 aliphatic rings. The molecule has 0 heterocycles. The fourth-order valence-electron chi connectivity index (χ4n) is 4.83. The Morgan fingerprint density at radius 3 is 2.81 bits per heavy atom. The van der Waals surface area contributed by atoms with E-state index in [2.05, 4.69) is 26.8 Å². The molecule has 0 amide bonds. The molecule has 1 heteroatoms. The van der Waals surface area contributed by atoms with E-state index in [1.165, 1.54) is 32.1 Å². The topological polar surface area (TPSA) is 23.8 Å². The Bertz CT molecular complexity index is 290. The van der Waals surface area contributed by atoms with Gasteiger partial charge in [0.05, 0.1) is 6.07 Å². The molecular weight excluding hydrogens is 194 g/mol. The fourth-order valence-corrected chi connectivity index (χ4v) is 4.83. The molecule has 0 aliphatic heterocycles. The Morgan fingerprint density at radius 1 is 1.38 bits per heavy atom. The SMILES string of the molecule is C[C@H](CC#N)[C@H]1CC[C@H]2[C@@H](C)CCC[C@]12C. The third kappa shape index (κ3) is 1.77. The minimum Gasteiger partial charge on any atom is -0.198 e. The van der Waals surface area contributed by atoms with Crippen molar-refractivity contribution >= 4 is 0 Å². The van der Waals surface area contributed by atoms with Gasteiger partial charge in [-0.3, -0.25) is 0 Å². The smallest absolute Gasteiger partial charge is 0.0624 e. The second-order valence-electron chi connectivity index (χ2n) is 6.51. The van der Waals surface area contributed by atoms with E-state index in [4.69, 9.17) is 5.26 Å². The summed E-state index contributed by atoms with van der Waals surface area (Å²) in [6, 6.07) is 2.37. The average Bonchev–Trinajstić information content (AvgIpc) is 2.57. The molecule has 16 heavy (non-hydrogen) atoms. The molecule has 1 nitrogen and oxygen atoms in total. The van der Waals surface area contributed by atoms with Gasteiger partial charge in [-0.1, -0.05) is 33.6 Å². The molecule has 0 radical (unpaired) electrons. The summed E-state index contributed by atoms with van der Waals surface area (Å²) in [5, 5.41) is 8.88. The van der Waals surface area contributed by atoms with E-state index in [9.17, 15) is 0 Å². The van der Waals surface area contributed by atoms with Gasteiger partial charge >= 0.3 is 0 Å². The van der Waals surface area contributed by atoms with Gasteiger partial charge in [-0.2, -0.15) is 5.26 Å². The molecule has 0 saturated heterocycles. The van der Waals surface area contributed by atoms with Gasteiger partial charge in [-0.05, 0) is 48.3 Å². The Balaban J connectivity index is 2.15. The van der Waals surface area contributed by atoms with Crippen LogP contribution in [0.15, 0.2) is 0 Å². The molecule has 0 unspecified atom stereocenters. The second-order valence-corrected chi connectivity index (χ2v) is 6.51. The van der Waals surface area contributed by atoms with Crippen LogP contribution in [-0.2, 0) is 0 Å². The number of hydrogen-bond donors (Lipinski definition) is 0. The van der Waals surface area contributed by atoms with Crippen molar-refractivity contribution in [3.63, 3.8) is 0 Å². The molecule has 0 N–H and O–H groups in total. The van der Waals surface area contributed by atoms with Crippen LogP contribution in [0.2, 0.25) is 0 Å². The molecule has 0 aromatic carbocycles. The molecule has 2 rings (SSSR count). The number of hydrogen-bond acceptors (Lipinski definition) is 1. The Kier molecular flexibility index (Phi) is 3.29. The van der Waals surface area contributed by atoms with E-state index in [0.717, 1.165) is 24.2 Å². The first kappa shape index (κ1) is 12.0. The molecule has 0 aromatic rings. The van der Waals surface area contributed by atoms with Crippen LogP contribution < -0.4 is 0 Å². The fraction of sp³-hybridized carbons (Fsp3) is 0.933. The predicted octanol–water partition coefficient (Wildman–Crippen LogP) is 4.39. The van der Waals surface area contributed by atoms with Crippen LogP contribution in [-0.4, -0.2) is 0 Å². The van der Waals surface area contributed by atoms with E-state index in [-0.39, 0.29) is 0 Å². The highest BCUT2D eigenvalue weighted by molar-refractivity contribution is 5.01. The maximum Gasteiger partial charge on any atom is 0.0624 e. The largest absolute Gasteiger partial charge is 0.198 e. The number of fused-ring (bicyclic) bond motifs is 1. The van der Waals surface area contributed by atoms with Gasteiger partial charge < -0.3 is 0 Å². The summed E-state index contributed by atoms with van der Waals surface area (Å²) < 4.78 is 0. The summed E-state index contributed by atoms with van der Waals surface area (Å²) in [5.74, 6) is 3.26. The summed E-state index contributed by atoms with van der Waals surface area (Å²) in [4.78, 5) is 0. The summed E-state index contributed by atoms with van der Waals surface area (Å²) in [6.07, 6.45) is 7.78. The van der Waals surface area contributed by atoms with Crippen LogP contribution in [0.25, 0.3) is 0 Å². The Morgan fingerprint density at radius 2 is 2.12 bits per heavy atom. The lowest BCUT2D eigenvalue weighted by molar-refractivity contribution is 0.0378. The van der Waals surface area contributed by atoms with E-state index in [0.29, 0.717) is 11.3 Å². The first-order valence-electron chi connectivity index (χ1n) is 6.96. The number of nitrogens with zero attached hydrogens (tertiary/aromatic N) is 1. The summed E-state index contributed by atoms with van der Waals surface area (Å²) in [5.41, 5.74) is 0.550. The molecule has 2 aliphatic carbocycles. The van der Waals surface area contributed by atoms with Gasteiger partial charge in [0, 0.05) is 6.42 Å². The van der Waals surface area contributed by atoms with Crippen molar-refractivity contribution in [2.45, 2.75) is 59.3 Å². The molecule has 2 saturated carbocycles. The third-order valence-electron chi connectivity index (χ3n) is 5.64. The van der Waals surface area contributed by atoms with Crippen molar-refractivity contribution in [3.05, 3.63) is 0 Å². The van der Waals surface area contributed by atoms with Gasteiger partial charge in [0.2, 0.25) is 0 Å². The maximum atomic E-state index is 8.88. The van der Waals surface area contributed by atoms with Crippen LogP contribution in [0.1, 0.15) is 59.3 Å². The van der Waals surface area contributed by atoms with E-state index < -0.39 is 0 Å². The van der Waals surface area contributed by atoms with Gasteiger partial charge in [0.25, 0.3) is 0 Å². The van der Waals surface area contributed by atoms with Crippen LogP contribution >= 0.6 is 0 Å². The number of rotatable bonds is 2. The van der Waals surface area contributed by atoms with Crippen molar-refractivity contribution in [3.8, 4) is 6.07 Å². The first-order valence-corrected chi connectivity index (χ1v) is 6.96. The van der Waals surface area contributed by atoms with Gasteiger partial charge in [0.1, 0.15) is 0 Å². The minimum atomic E-state index is 0.550. The van der Waals surface area contributed by atoms with Crippen LogP contribution in [0, 0.1) is 40.4 Å². The van der Waals surface area contributed by atoms with Crippen molar-refractivity contribution in [1.29, 1.82) is 5.26 Å². The summed E-state index contributed by atoms with van der Waals surface area (Å²) >= 11 is 0. The normalized spacial score (nSPS) is 44.8. The molecular formula is C15H25N. The minimum absolute atomic E-state index is 0.550. The lowest BCUT2D eigenvalue weighted by atomic mass is 9.59. The lowest BCUT2D eigenvalue weighted by Crippen LogP contribution is -2.38. The average molecular weight is 219 g/mol. The highest BCUT2D eigenvalue weighted by Gasteiger charge is 2.51. The Hall–Kier alpha value is -0.510. The van der Waals surface area contributed by atoms with Gasteiger partial charge in [0.15, 0.2) is 0 Å². The highest BCUT2D eigenvalue weighted by Crippen LogP contribution is 2.59. The van der Waals surface area contributed by atoms with Crippen molar-refractivity contribution in [2.24, 2.45) is 29.1 Å². The van der Waals surface area contributed by atoms with E-state index >= 15 is 0 Å². The van der Waals surface area contributed by atoms with Crippen molar-refractivity contribution in [2.75, 3.05) is 0 Å². The van der Waals surface area contributed by atoms with Crippen molar-refractivity contribution < 1.29 is 0 Å². The summed E-state index contributed by atoms with van der Waals surface area (Å²) in [7, 11) is 0.